The molecule has 4 fully saturated rings. The lowest BCUT2D eigenvalue weighted by Gasteiger charge is -2.64. The number of rotatable bonds is 3. The number of Topliss-reactive ketones (excluding diaryl/α,β-unsaturated/α-hetero) is 1. The molecule has 0 heterocycles. The van der Waals surface area contributed by atoms with Gasteiger partial charge in [0.05, 0.1) is 11.7 Å². The van der Waals surface area contributed by atoms with Crippen molar-refractivity contribution in [2.75, 3.05) is 7.11 Å². The molecule has 0 spiro atoms. The van der Waals surface area contributed by atoms with Gasteiger partial charge in [-0.3, -0.25) is 4.79 Å². The zero-order valence-electron chi connectivity index (χ0n) is 18.1. The highest BCUT2D eigenvalue weighted by Gasteiger charge is 2.64. The van der Waals surface area contributed by atoms with Crippen LogP contribution in [0.15, 0.2) is 0 Å². The Hall–Kier alpha value is -0.410. The summed E-state index contributed by atoms with van der Waals surface area (Å²) in [5, 5.41) is 10.8. The molecule has 1 N–H and O–H groups in total. The number of methoxy groups -OCH3 is 1. The molecule has 9 atom stereocenters. The van der Waals surface area contributed by atoms with E-state index in [1.807, 2.05) is 21.0 Å². The highest BCUT2D eigenvalue weighted by Crippen LogP contribution is 2.69. The SMILES string of the molecule is CO[C@@H](C)C12CC[C@@](C)(O)C[C@@H]1CC[C@@H]1[C@@H]2CC[C@]2(C)[C@@H](C(C)=O)CC[C@@H]12. The average Bonchev–Trinajstić information content (AvgIpc) is 2.97. The largest absolute Gasteiger partial charge is 0.390 e. The van der Waals surface area contributed by atoms with Crippen molar-refractivity contribution in [3.8, 4) is 0 Å². The van der Waals surface area contributed by atoms with Gasteiger partial charge in [-0.05, 0) is 108 Å². The van der Waals surface area contributed by atoms with Gasteiger partial charge in [-0.1, -0.05) is 6.92 Å². The summed E-state index contributed by atoms with van der Waals surface area (Å²) in [5.41, 5.74) is -0.0717. The van der Waals surface area contributed by atoms with E-state index in [1.54, 1.807) is 0 Å². The van der Waals surface area contributed by atoms with Gasteiger partial charge < -0.3 is 9.84 Å². The van der Waals surface area contributed by atoms with Crippen LogP contribution in [0.25, 0.3) is 0 Å². The molecule has 154 valence electrons. The Labute approximate surface area is 165 Å². The van der Waals surface area contributed by atoms with Crippen molar-refractivity contribution in [1.82, 2.24) is 0 Å². The number of ether oxygens (including phenoxy) is 1. The Balaban J connectivity index is 1.69. The Morgan fingerprint density at radius 2 is 1.78 bits per heavy atom. The second-order valence-corrected chi connectivity index (χ2v) is 11.1. The van der Waals surface area contributed by atoms with Crippen molar-refractivity contribution in [3.05, 3.63) is 0 Å². The summed E-state index contributed by atoms with van der Waals surface area (Å²) in [4.78, 5) is 12.3. The van der Waals surface area contributed by atoms with Crippen molar-refractivity contribution >= 4 is 5.78 Å². The second kappa shape index (κ2) is 6.55. The fourth-order valence-corrected chi connectivity index (χ4v) is 8.85. The van der Waals surface area contributed by atoms with Crippen molar-refractivity contribution in [1.29, 1.82) is 0 Å². The number of hydrogen-bond acceptors (Lipinski definition) is 3. The van der Waals surface area contributed by atoms with E-state index in [4.69, 9.17) is 4.74 Å². The summed E-state index contributed by atoms with van der Waals surface area (Å²) >= 11 is 0. The minimum atomic E-state index is -0.509. The lowest BCUT2D eigenvalue weighted by Crippen LogP contribution is -2.60. The molecule has 1 unspecified atom stereocenters. The van der Waals surface area contributed by atoms with Crippen LogP contribution in [0.2, 0.25) is 0 Å². The van der Waals surface area contributed by atoms with Gasteiger partial charge in [0.1, 0.15) is 5.78 Å². The quantitative estimate of drug-likeness (QED) is 0.754. The molecular formula is C24H40O3. The fraction of sp³-hybridized carbons (Fsp3) is 0.958. The Bertz CT molecular complexity index is 598. The fourth-order valence-electron chi connectivity index (χ4n) is 8.85. The van der Waals surface area contributed by atoms with Gasteiger partial charge in [-0.25, -0.2) is 0 Å². The summed E-state index contributed by atoms with van der Waals surface area (Å²) in [7, 11) is 1.88. The maximum atomic E-state index is 12.3. The predicted molar refractivity (Wildman–Crippen MR) is 107 cm³/mol. The number of carbonyl (C=O) groups is 1. The van der Waals surface area contributed by atoms with Crippen LogP contribution in [0.5, 0.6) is 0 Å². The minimum absolute atomic E-state index is 0.218. The van der Waals surface area contributed by atoms with Gasteiger partial charge in [-0.2, -0.15) is 0 Å². The van der Waals surface area contributed by atoms with Gasteiger partial charge in [0.15, 0.2) is 0 Å². The molecule has 0 bridgehead atoms. The highest BCUT2D eigenvalue weighted by atomic mass is 16.5. The topological polar surface area (TPSA) is 46.5 Å². The summed E-state index contributed by atoms with van der Waals surface area (Å²) in [5.74, 6) is 3.42. The van der Waals surface area contributed by atoms with Crippen LogP contribution in [-0.4, -0.2) is 29.7 Å². The first kappa shape index (κ1) is 19.9. The highest BCUT2D eigenvalue weighted by molar-refractivity contribution is 5.79. The Kier molecular flexibility index (Phi) is 4.83. The number of carbonyl (C=O) groups excluding carboxylic acids is 1. The van der Waals surface area contributed by atoms with Crippen molar-refractivity contribution in [2.24, 2.45) is 40.4 Å². The summed E-state index contributed by atoms with van der Waals surface area (Å²) < 4.78 is 6.03. The molecule has 4 aliphatic carbocycles. The van der Waals surface area contributed by atoms with E-state index in [0.29, 0.717) is 23.5 Å². The smallest absolute Gasteiger partial charge is 0.133 e. The molecule has 4 aliphatic rings. The normalized spacial score (nSPS) is 53.2. The molecule has 0 aromatic carbocycles. The van der Waals surface area contributed by atoms with Gasteiger partial charge in [0.2, 0.25) is 0 Å². The van der Waals surface area contributed by atoms with Gasteiger partial charge in [0, 0.05) is 18.4 Å². The molecule has 3 nitrogen and oxygen atoms in total. The van der Waals surface area contributed by atoms with Crippen molar-refractivity contribution in [3.63, 3.8) is 0 Å². The molecule has 4 saturated carbocycles. The van der Waals surface area contributed by atoms with Crippen LogP contribution in [0.1, 0.15) is 85.5 Å². The maximum absolute atomic E-state index is 12.3. The third kappa shape index (κ3) is 2.78. The van der Waals surface area contributed by atoms with Crippen LogP contribution in [0.4, 0.5) is 0 Å². The van der Waals surface area contributed by atoms with E-state index in [1.165, 1.54) is 32.1 Å². The second-order valence-electron chi connectivity index (χ2n) is 11.1. The van der Waals surface area contributed by atoms with Crippen LogP contribution >= 0.6 is 0 Å². The first-order valence-electron chi connectivity index (χ1n) is 11.4. The maximum Gasteiger partial charge on any atom is 0.133 e. The van der Waals surface area contributed by atoms with Crippen LogP contribution in [0, 0.1) is 40.4 Å². The standard InChI is InChI=1S/C24H40O3/c1-15(25)19-8-9-20-18-7-6-17-14-22(3,26)12-13-24(17,16(2)27-5)21(18)10-11-23(19,20)4/h16-21,26H,6-14H2,1-5H3/t16-,17-,18-,19+,20-,21-,22+,23+,24?/m0/s1. The number of aliphatic hydroxyl groups is 1. The van der Waals surface area contributed by atoms with Gasteiger partial charge in [-0.15, -0.1) is 0 Å². The first-order chi connectivity index (χ1) is 12.7. The molecule has 0 radical (unpaired) electrons. The van der Waals surface area contributed by atoms with Crippen LogP contribution in [-0.2, 0) is 9.53 Å². The van der Waals surface area contributed by atoms with Crippen LogP contribution < -0.4 is 0 Å². The Morgan fingerprint density at radius 3 is 2.44 bits per heavy atom. The summed E-state index contributed by atoms with van der Waals surface area (Å²) in [6.07, 6.45) is 10.5. The monoisotopic (exact) mass is 376 g/mol. The third-order valence-electron chi connectivity index (χ3n) is 10.1. The van der Waals surface area contributed by atoms with Crippen molar-refractivity contribution in [2.45, 2.75) is 97.2 Å². The minimum Gasteiger partial charge on any atom is -0.390 e. The molecule has 0 saturated heterocycles. The molecule has 0 aromatic heterocycles. The molecule has 0 aliphatic heterocycles. The van der Waals surface area contributed by atoms with Crippen LogP contribution in [0.3, 0.4) is 0 Å². The van der Waals surface area contributed by atoms with E-state index in [9.17, 15) is 9.90 Å². The number of hydrogen-bond donors (Lipinski definition) is 1. The third-order valence-corrected chi connectivity index (χ3v) is 10.1. The molecule has 0 aromatic rings. The van der Waals surface area contributed by atoms with Gasteiger partial charge >= 0.3 is 0 Å². The van der Waals surface area contributed by atoms with E-state index < -0.39 is 5.60 Å². The molecule has 0 amide bonds. The molecular weight excluding hydrogens is 336 g/mol. The Morgan fingerprint density at radius 1 is 1.04 bits per heavy atom. The van der Waals surface area contributed by atoms with E-state index >= 15 is 0 Å². The number of ketones is 1. The van der Waals surface area contributed by atoms with Crippen molar-refractivity contribution < 1.29 is 14.6 Å². The number of fused-ring (bicyclic) bond motifs is 5. The zero-order valence-corrected chi connectivity index (χ0v) is 18.1. The average molecular weight is 377 g/mol. The lowest BCUT2D eigenvalue weighted by molar-refractivity contribution is -0.198. The first-order valence-corrected chi connectivity index (χ1v) is 11.4. The van der Waals surface area contributed by atoms with Gasteiger partial charge in [0.25, 0.3) is 0 Å². The van der Waals surface area contributed by atoms with E-state index in [-0.39, 0.29) is 22.9 Å². The molecule has 27 heavy (non-hydrogen) atoms. The zero-order chi connectivity index (χ0) is 19.6. The van der Waals surface area contributed by atoms with E-state index in [2.05, 4.69) is 13.8 Å². The summed E-state index contributed by atoms with van der Waals surface area (Å²) in [6.45, 7) is 8.57. The van der Waals surface area contributed by atoms with E-state index in [0.717, 1.165) is 31.6 Å². The predicted octanol–water partition coefficient (Wildman–Crippen LogP) is 5.00. The molecule has 3 heteroatoms. The molecule has 4 rings (SSSR count). The summed E-state index contributed by atoms with van der Waals surface area (Å²) in [6, 6.07) is 0. The lowest BCUT2D eigenvalue weighted by atomic mass is 9.42.